The zero-order valence-corrected chi connectivity index (χ0v) is 12.3. The van der Waals surface area contributed by atoms with E-state index in [1.165, 1.54) is 12.1 Å². The van der Waals surface area contributed by atoms with Crippen LogP contribution in [0, 0.1) is 19.8 Å². The third kappa shape index (κ3) is 4.57. The summed E-state index contributed by atoms with van der Waals surface area (Å²) in [6.45, 7) is 8.10. The van der Waals surface area contributed by atoms with Crippen LogP contribution in [0.5, 0.6) is 5.75 Å². The summed E-state index contributed by atoms with van der Waals surface area (Å²) in [5, 5.41) is 11.7. The molecule has 2 N–H and O–H groups in total. The lowest BCUT2D eigenvalue weighted by Gasteiger charge is -2.13. The van der Waals surface area contributed by atoms with E-state index >= 15 is 0 Å². The Morgan fingerprint density at radius 1 is 1.25 bits per heavy atom. The Morgan fingerprint density at radius 2 is 1.80 bits per heavy atom. The SMILES string of the molecule is Cc1cc(C(=O)O)cc(C)c1OCC(=O)NCC(C)C. The second kappa shape index (κ2) is 6.93. The minimum absolute atomic E-state index is 0.0686. The van der Waals surface area contributed by atoms with Gasteiger partial charge in [0.05, 0.1) is 5.56 Å². The highest BCUT2D eigenvalue weighted by Gasteiger charge is 2.12. The highest BCUT2D eigenvalue weighted by atomic mass is 16.5. The number of aryl methyl sites for hydroxylation is 2. The molecular weight excluding hydrogens is 258 g/mol. The van der Waals surface area contributed by atoms with E-state index < -0.39 is 5.97 Å². The van der Waals surface area contributed by atoms with Gasteiger partial charge < -0.3 is 15.2 Å². The number of nitrogens with one attached hydrogen (secondary N) is 1. The molecule has 1 amide bonds. The lowest BCUT2D eigenvalue weighted by molar-refractivity contribution is -0.123. The summed E-state index contributed by atoms with van der Waals surface area (Å²) in [5.74, 6) is -0.204. The van der Waals surface area contributed by atoms with E-state index in [4.69, 9.17) is 9.84 Å². The second-order valence-corrected chi connectivity index (χ2v) is 5.23. The van der Waals surface area contributed by atoms with Gasteiger partial charge in [0.25, 0.3) is 5.91 Å². The quantitative estimate of drug-likeness (QED) is 0.836. The third-order valence-electron chi connectivity index (χ3n) is 2.76. The lowest BCUT2D eigenvalue weighted by atomic mass is 10.1. The Labute approximate surface area is 118 Å². The lowest BCUT2D eigenvalue weighted by Crippen LogP contribution is -2.31. The smallest absolute Gasteiger partial charge is 0.335 e. The summed E-state index contributed by atoms with van der Waals surface area (Å²) < 4.78 is 5.49. The van der Waals surface area contributed by atoms with Gasteiger partial charge in [-0.05, 0) is 43.0 Å². The van der Waals surface area contributed by atoms with Gasteiger partial charge in [-0.25, -0.2) is 4.79 Å². The van der Waals surface area contributed by atoms with E-state index in [0.29, 0.717) is 29.3 Å². The van der Waals surface area contributed by atoms with Crippen LogP contribution in [0.15, 0.2) is 12.1 Å². The molecule has 0 fully saturated rings. The largest absolute Gasteiger partial charge is 0.483 e. The molecule has 0 bridgehead atoms. The molecule has 5 nitrogen and oxygen atoms in total. The number of hydrogen-bond donors (Lipinski definition) is 2. The van der Waals surface area contributed by atoms with Crippen molar-refractivity contribution >= 4 is 11.9 Å². The predicted molar refractivity (Wildman–Crippen MR) is 76.2 cm³/mol. The molecule has 110 valence electrons. The van der Waals surface area contributed by atoms with Crippen LogP contribution in [-0.2, 0) is 4.79 Å². The number of ether oxygens (including phenoxy) is 1. The number of benzene rings is 1. The first kappa shape index (κ1) is 16.0. The molecule has 0 spiro atoms. The van der Waals surface area contributed by atoms with Gasteiger partial charge in [0.2, 0.25) is 0 Å². The zero-order chi connectivity index (χ0) is 15.3. The number of aromatic carboxylic acids is 1. The molecule has 0 aromatic heterocycles. The van der Waals surface area contributed by atoms with Gasteiger partial charge in [-0.1, -0.05) is 13.8 Å². The molecule has 0 heterocycles. The van der Waals surface area contributed by atoms with Crippen LogP contribution in [0.25, 0.3) is 0 Å². The molecule has 0 unspecified atom stereocenters. The number of carbonyl (C=O) groups is 2. The number of amides is 1. The molecular formula is C15H21NO4. The first-order valence-corrected chi connectivity index (χ1v) is 6.55. The minimum Gasteiger partial charge on any atom is -0.483 e. The monoisotopic (exact) mass is 279 g/mol. The van der Waals surface area contributed by atoms with Crippen molar-refractivity contribution in [1.29, 1.82) is 0 Å². The van der Waals surface area contributed by atoms with Crippen LogP contribution in [0.3, 0.4) is 0 Å². The molecule has 20 heavy (non-hydrogen) atoms. The van der Waals surface area contributed by atoms with Gasteiger partial charge in [-0.2, -0.15) is 0 Å². The standard InChI is InChI=1S/C15H21NO4/c1-9(2)7-16-13(17)8-20-14-10(3)5-12(15(18)19)6-11(14)4/h5-6,9H,7-8H2,1-4H3,(H,16,17)(H,18,19). The average molecular weight is 279 g/mol. The van der Waals surface area contributed by atoms with Gasteiger partial charge >= 0.3 is 5.97 Å². The molecule has 5 heteroatoms. The number of hydrogen-bond acceptors (Lipinski definition) is 3. The van der Waals surface area contributed by atoms with Crippen LogP contribution < -0.4 is 10.1 Å². The van der Waals surface area contributed by atoms with Crippen molar-refractivity contribution < 1.29 is 19.4 Å². The maximum absolute atomic E-state index is 11.6. The summed E-state index contributed by atoms with van der Waals surface area (Å²) in [4.78, 5) is 22.5. The Balaban J connectivity index is 2.69. The highest BCUT2D eigenvalue weighted by Crippen LogP contribution is 2.24. The van der Waals surface area contributed by atoms with Gasteiger partial charge in [0.15, 0.2) is 6.61 Å². The van der Waals surface area contributed by atoms with Crippen molar-refractivity contribution in [1.82, 2.24) is 5.32 Å². The summed E-state index contributed by atoms with van der Waals surface area (Å²) in [6.07, 6.45) is 0. The van der Waals surface area contributed by atoms with Crippen molar-refractivity contribution in [2.45, 2.75) is 27.7 Å². The maximum atomic E-state index is 11.6. The van der Waals surface area contributed by atoms with Crippen LogP contribution in [0.1, 0.15) is 35.3 Å². The molecule has 0 aliphatic carbocycles. The molecule has 0 aliphatic rings. The van der Waals surface area contributed by atoms with E-state index in [-0.39, 0.29) is 18.1 Å². The molecule has 0 saturated heterocycles. The Bertz CT molecular complexity index is 486. The fraction of sp³-hybridized carbons (Fsp3) is 0.467. The Kier molecular flexibility index (Phi) is 5.55. The van der Waals surface area contributed by atoms with E-state index in [9.17, 15) is 9.59 Å². The average Bonchev–Trinajstić information content (AvgIpc) is 2.34. The summed E-state index contributed by atoms with van der Waals surface area (Å²) in [5.41, 5.74) is 1.63. The molecule has 0 saturated carbocycles. The molecule has 0 aliphatic heterocycles. The van der Waals surface area contributed by atoms with Gasteiger partial charge in [-0.3, -0.25) is 4.79 Å². The third-order valence-corrected chi connectivity index (χ3v) is 2.76. The normalized spacial score (nSPS) is 10.4. The van der Waals surface area contributed by atoms with Gasteiger partial charge in [0.1, 0.15) is 5.75 Å². The van der Waals surface area contributed by atoms with E-state index in [1.807, 2.05) is 13.8 Å². The first-order valence-electron chi connectivity index (χ1n) is 6.55. The van der Waals surface area contributed by atoms with Crippen LogP contribution in [-0.4, -0.2) is 30.1 Å². The number of carbonyl (C=O) groups excluding carboxylic acids is 1. The Hall–Kier alpha value is -2.04. The summed E-state index contributed by atoms with van der Waals surface area (Å²) in [7, 11) is 0. The van der Waals surface area contributed by atoms with Gasteiger partial charge in [-0.15, -0.1) is 0 Å². The number of carboxylic acid groups (broad SMARTS) is 1. The van der Waals surface area contributed by atoms with Crippen molar-refractivity contribution in [3.05, 3.63) is 28.8 Å². The summed E-state index contributed by atoms with van der Waals surface area (Å²) in [6, 6.07) is 3.08. The number of carboxylic acids is 1. The molecule has 1 aromatic carbocycles. The van der Waals surface area contributed by atoms with Crippen molar-refractivity contribution in [2.75, 3.05) is 13.2 Å². The fourth-order valence-corrected chi connectivity index (χ4v) is 1.81. The zero-order valence-electron chi connectivity index (χ0n) is 12.3. The molecule has 1 rings (SSSR count). The van der Waals surface area contributed by atoms with E-state index in [1.54, 1.807) is 13.8 Å². The second-order valence-electron chi connectivity index (χ2n) is 5.23. The van der Waals surface area contributed by atoms with E-state index in [0.717, 1.165) is 0 Å². The molecule has 0 atom stereocenters. The first-order chi connectivity index (χ1) is 9.31. The van der Waals surface area contributed by atoms with Crippen molar-refractivity contribution in [3.63, 3.8) is 0 Å². The van der Waals surface area contributed by atoms with Gasteiger partial charge in [0, 0.05) is 6.54 Å². The topological polar surface area (TPSA) is 75.6 Å². The predicted octanol–water partition coefficient (Wildman–Crippen LogP) is 2.15. The van der Waals surface area contributed by atoms with Crippen molar-refractivity contribution in [2.24, 2.45) is 5.92 Å². The van der Waals surface area contributed by atoms with Crippen molar-refractivity contribution in [3.8, 4) is 5.75 Å². The van der Waals surface area contributed by atoms with Crippen LogP contribution in [0.4, 0.5) is 0 Å². The van der Waals surface area contributed by atoms with Crippen LogP contribution in [0.2, 0.25) is 0 Å². The summed E-state index contributed by atoms with van der Waals surface area (Å²) >= 11 is 0. The minimum atomic E-state index is -0.975. The Morgan fingerprint density at radius 3 is 2.25 bits per heavy atom. The van der Waals surface area contributed by atoms with Crippen LogP contribution >= 0.6 is 0 Å². The molecule has 0 radical (unpaired) electrons. The van der Waals surface area contributed by atoms with E-state index in [2.05, 4.69) is 5.32 Å². The highest BCUT2D eigenvalue weighted by molar-refractivity contribution is 5.88. The fourth-order valence-electron chi connectivity index (χ4n) is 1.81. The molecule has 1 aromatic rings. The number of rotatable bonds is 6. The maximum Gasteiger partial charge on any atom is 0.335 e.